The van der Waals surface area contributed by atoms with Crippen LogP contribution >= 0.6 is 0 Å². The maximum Gasteiger partial charge on any atom is 0.249 e. The second-order valence-corrected chi connectivity index (χ2v) is 6.59. The molecule has 1 aromatic carbocycles. The van der Waals surface area contributed by atoms with E-state index in [1.165, 1.54) is 6.42 Å². The summed E-state index contributed by atoms with van der Waals surface area (Å²) in [6.45, 7) is 1.85. The normalized spacial score (nSPS) is 16.1. The molecule has 1 heterocycles. The summed E-state index contributed by atoms with van der Waals surface area (Å²) in [6, 6.07) is 5.09. The Balaban J connectivity index is 1.69. The molecule has 1 N–H and O–H groups in total. The number of amides is 1. The fourth-order valence-electron chi connectivity index (χ4n) is 3.26. The second-order valence-electron chi connectivity index (χ2n) is 6.59. The van der Waals surface area contributed by atoms with Gasteiger partial charge in [-0.05, 0) is 38.0 Å². The van der Waals surface area contributed by atoms with E-state index < -0.39 is 0 Å². The highest BCUT2D eigenvalue weighted by Gasteiger charge is 2.24. The summed E-state index contributed by atoms with van der Waals surface area (Å²) < 4.78 is 15.9. The van der Waals surface area contributed by atoms with Crippen molar-refractivity contribution in [2.45, 2.75) is 45.1 Å². The van der Waals surface area contributed by atoms with E-state index in [1.54, 1.807) is 26.4 Å². The van der Waals surface area contributed by atoms with E-state index in [-0.39, 0.29) is 17.9 Å². The first kappa shape index (κ1) is 18.2. The van der Waals surface area contributed by atoms with E-state index in [4.69, 9.17) is 14.0 Å². The number of rotatable bonds is 6. The van der Waals surface area contributed by atoms with Gasteiger partial charge in [-0.1, -0.05) is 24.4 Å². The average molecular weight is 359 g/mol. The lowest BCUT2D eigenvalue weighted by molar-refractivity contribution is -0.126. The minimum absolute atomic E-state index is 0.0723. The molecule has 3 rings (SSSR count). The van der Waals surface area contributed by atoms with Crippen molar-refractivity contribution in [1.82, 2.24) is 15.5 Å². The van der Waals surface area contributed by atoms with E-state index in [9.17, 15) is 4.79 Å². The van der Waals surface area contributed by atoms with Crippen LogP contribution in [0.2, 0.25) is 0 Å². The number of carbonyl (C=O) groups excluding carboxylic acids is 1. The van der Waals surface area contributed by atoms with Crippen molar-refractivity contribution >= 4 is 5.91 Å². The molecule has 0 spiro atoms. The molecule has 1 atom stereocenters. The van der Waals surface area contributed by atoms with Crippen molar-refractivity contribution in [3.8, 4) is 22.9 Å². The third-order valence-corrected chi connectivity index (χ3v) is 4.79. The van der Waals surface area contributed by atoms with Gasteiger partial charge in [-0.15, -0.1) is 0 Å². The molecule has 0 saturated heterocycles. The number of nitrogens with zero attached hydrogens (tertiary/aromatic N) is 2. The van der Waals surface area contributed by atoms with Crippen LogP contribution in [0.5, 0.6) is 11.5 Å². The molecule has 2 aromatic rings. The van der Waals surface area contributed by atoms with Gasteiger partial charge in [0.25, 0.3) is 0 Å². The van der Waals surface area contributed by atoms with Gasteiger partial charge in [0.2, 0.25) is 17.6 Å². The Bertz CT molecular complexity index is 753. The summed E-state index contributed by atoms with van der Waals surface area (Å²) >= 11 is 0. The van der Waals surface area contributed by atoms with Crippen molar-refractivity contribution in [2.24, 2.45) is 5.92 Å². The van der Waals surface area contributed by atoms with Gasteiger partial charge in [-0.3, -0.25) is 4.79 Å². The molecule has 140 valence electrons. The van der Waals surface area contributed by atoms with Crippen LogP contribution in [-0.2, 0) is 4.79 Å². The van der Waals surface area contributed by atoms with Gasteiger partial charge in [-0.25, -0.2) is 0 Å². The maximum atomic E-state index is 12.4. The Hall–Kier alpha value is -2.57. The lowest BCUT2D eigenvalue weighted by atomic mass is 9.88. The number of nitrogens with one attached hydrogen (secondary N) is 1. The number of ether oxygens (including phenoxy) is 2. The van der Waals surface area contributed by atoms with E-state index in [0.717, 1.165) is 31.2 Å². The number of hydrogen-bond donors (Lipinski definition) is 1. The highest BCUT2D eigenvalue weighted by molar-refractivity contribution is 5.79. The van der Waals surface area contributed by atoms with E-state index in [0.29, 0.717) is 23.2 Å². The van der Waals surface area contributed by atoms with E-state index in [1.807, 2.05) is 13.0 Å². The highest BCUT2D eigenvalue weighted by Crippen LogP contribution is 2.31. The summed E-state index contributed by atoms with van der Waals surface area (Å²) in [5.41, 5.74) is 0.753. The van der Waals surface area contributed by atoms with Crippen molar-refractivity contribution in [3.63, 3.8) is 0 Å². The standard InChI is InChI=1S/C19H25N3O4/c1-12(20-18(23)13-7-5-4-6-8-13)19-21-17(22-26-19)14-9-10-15(24-2)16(11-14)25-3/h9-13H,4-8H2,1-3H3,(H,20,23)/t12-/m1/s1. The summed E-state index contributed by atoms with van der Waals surface area (Å²) in [7, 11) is 3.16. The van der Waals surface area contributed by atoms with Gasteiger partial charge in [-0.2, -0.15) is 4.98 Å². The molecule has 1 aliphatic carbocycles. The van der Waals surface area contributed by atoms with Crippen LogP contribution in [0, 0.1) is 5.92 Å². The van der Waals surface area contributed by atoms with Gasteiger partial charge >= 0.3 is 0 Å². The Morgan fingerprint density at radius 1 is 1.19 bits per heavy atom. The van der Waals surface area contributed by atoms with Crippen molar-refractivity contribution in [1.29, 1.82) is 0 Å². The third kappa shape index (κ3) is 3.98. The minimum atomic E-state index is -0.328. The highest BCUT2D eigenvalue weighted by atomic mass is 16.5. The van der Waals surface area contributed by atoms with Gasteiger partial charge < -0.3 is 19.3 Å². The smallest absolute Gasteiger partial charge is 0.249 e. The zero-order valence-corrected chi connectivity index (χ0v) is 15.4. The van der Waals surface area contributed by atoms with Crippen LogP contribution in [0.15, 0.2) is 22.7 Å². The predicted octanol–water partition coefficient (Wildman–Crippen LogP) is 3.51. The number of benzene rings is 1. The fraction of sp³-hybridized carbons (Fsp3) is 0.526. The third-order valence-electron chi connectivity index (χ3n) is 4.79. The lowest BCUT2D eigenvalue weighted by Gasteiger charge is -2.22. The van der Waals surface area contributed by atoms with Crippen molar-refractivity contribution in [3.05, 3.63) is 24.1 Å². The summed E-state index contributed by atoms with van der Waals surface area (Å²) in [6.07, 6.45) is 5.38. The molecule has 7 nitrogen and oxygen atoms in total. The average Bonchev–Trinajstić information content (AvgIpc) is 3.18. The van der Waals surface area contributed by atoms with Gasteiger partial charge in [0.15, 0.2) is 11.5 Å². The first-order valence-corrected chi connectivity index (χ1v) is 8.98. The second kappa shape index (κ2) is 8.21. The number of methoxy groups -OCH3 is 2. The zero-order chi connectivity index (χ0) is 18.5. The summed E-state index contributed by atoms with van der Waals surface area (Å²) in [5, 5.41) is 7.02. The molecule has 0 aliphatic heterocycles. The zero-order valence-electron chi connectivity index (χ0n) is 15.4. The van der Waals surface area contributed by atoms with Crippen LogP contribution in [0.1, 0.15) is 51.0 Å². The van der Waals surface area contributed by atoms with Crippen LogP contribution in [0.3, 0.4) is 0 Å². The topological polar surface area (TPSA) is 86.5 Å². The summed E-state index contributed by atoms with van der Waals surface area (Å²) in [5.74, 6) is 2.23. The Morgan fingerprint density at radius 3 is 2.62 bits per heavy atom. The molecule has 0 radical (unpaired) electrons. The molecule has 7 heteroatoms. The lowest BCUT2D eigenvalue weighted by Crippen LogP contribution is -2.33. The quantitative estimate of drug-likeness (QED) is 0.849. The molecule has 0 bridgehead atoms. The monoisotopic (exact) mass is 359 g/mol. The van der Waals surface area contributed by atoms with Gasteiger partial charge in [0, 0.05) is 11.5 Å². The molecular weight excluding hydrogens is 334 g/mol. The van der Waals surface area contributed by atoms with Crippen LogP contribution in [-0.4, -0.2) is 30.3 Å². The fourth-order valence-corrected chi connectivity index (χ4v) is 3.26. The minimum Gasteiger partial charge on any atom is -0.493 e. The number of carbonyl (C=O) groups is 1. The van der Waals surface area contributed by atoms with Gasteiger partial charge in [0.1, 0.15) is 6.04 Å². The van der Waals surface area contributed by atoms with Crippen LogP contribution in [0.4, 0.5) is 0 Å². The molecule has 1 amide bonds. The molecule has 26 heavy (non-hydrogen) atoms. The Labute approximate surface area is 153 Å². The van der Waals surface area contributed by atoms with Crippen LogP contribution in [0.25, 0.3) is 11.4 Å². The maximum absolute atomic E-state index is 12.4. The van der Waals surface area contributed by atoms with E-state index in [2.05, 4.69) is 15.5 Å². The molecular formula is C19H25N3O4. The Kier molecular flexibility index (Phi) is 5.75. The SMILES string of the molecule is COc1ccc(-c2noc([C@@H](C)NC(=O)C3CCCCC3)n2)cc1OC. The van der Waals surface area contributed by atoms with Crippen molar-refractivity contribution in [2.75, 3.05) is 14.2 Å². The molecule has 1 saturated carbocycles. The molecule has 1 aromatic heterocycles. The molecule has 1 fully saturated rings. The number of hydrogen-bond acceptors (Lipinski definition) is 6. The largest absolute Gasteiger partial charge is 0.493 e. The van der Waals surface area contributed by atoms with Gasteiger partial charge in [0.05, 0.1) is 14.2 Å². The van der Waals surface area contributed by atoms with Crippen LogP contribution < -0.4 is 14.8 Å². The molecule has 0 unspecified atom stereocenters. The summed E-state index contributed by atoms with van der Waals surface area (Å²) in [4.78, 5) is 16.8. The predicted molar refractivity (Wildman–Crippen MR) is 96.0 cm³/mol. The van der Waals surface area contributed by atoms with E-state index >= 15 is 0 Å². The Morgan fingerprint density at radius 2 is 1.92 bits per heavy atom. The first-order valence-electron chi connectivity index (χ1n) is 8.98. The first-order chi connectivity index (χ1) is 12.6. The number of aromatic nitrogens is 2. The van der Waals surface area contributed by atoms with Crippen molar-refractivity contribution < 1.29 is 18.8 Å². The molecule has 1 aliphatic rings.